The van der Waals surface area contributed by atoms with Gasteiger partial charge < -0.3 is 5.32 Å². The van der Waals surface area contributed by atoms with Crippen LogP contribution in [0.2, 0.25) is 0 Å². The Morgan fingerprint density at radius 1 is 1.17 bits per heavy atom. The van der Waals surface area contributed by atoms with Gasteiger partial charge >= 0.3 is 0 Å². The van der Waals surface area contributed by atoms with Crippen molar-refractivity contribution in [2.75, 3.05) is 5.32 Å². The molecule has 0 spiro atoms. The molecule has 3 rings (SSSR count). The van der Waals surface area contributed by atoms with Crippen molar-refractivity contribution < 1.29 is 18.4 Å². The lowest BCUT2D eigenvalue weighted by Crippen LogP contribution is -2.14. The first-order chi connectivity index (χ1) is 11.0. The number of amides is 1. The minimum Gasteiger partial charge on any atom is -0.302 e. The Kier molecular flexibility index (Phi) is 4.12. The van der Waals surface area contributed by atoms with Crippen LogP contribution in [0.25, 0.3) is 10.2 Å². The van der Waals surface area contributed by atoms with E-state index in [1.54, 1.807) is 18.2 Å². The lowest BCUT2D eigenvalue weighted by molar-refractivity contribution is -0.115. The third-order valence-corrected chi connectivity index (χ3v) is 4.02. The number of benzene rings is 2. The van der Waals surface area contributed by atoms with Gasteiger partial charge in [0.25, 0.3) is 0 Å². The van der Waals surface area contributed by atoms with Crippen LogP contribution in [0.5, 0.6) is 0 Å². The summed E-state index contributed by atoms with van der Waals surface area (Å²) in [5.74, 6) is -1.88. The average molecular weight is 332 g/mol. The highest BCUT2D eigenvalue weighted by Gasteiger charge is 2.10. The van der Waals surface area contributed by atoms with Gasteiger partial charge in [-0.3, -0.25) is 9.59 Å². The third-order valence-electron chi connectivity index (χ3n) is 3.08. The lowest BCUT2D eigenvalue weighted by atomic mass is 10.1. The van der Waals surface area contributed by atoms with Crippen LogP contribution in [0, 0.1) is 11.6 Å². The molecule has 0 radical (unpaired) electrons. The number of nitrogens with one attached hydrogen (secondary N) is 1. The fourth-order valence-corrected chi connectivity index (χ4v) is 3.06. The Morgan fingerprint density at radius 3 is 2.61 bits per heavy atom. The van der Waals surface area contributed by atoms with E-state index in [2.05, 4.69) is 10.3 Å². The topological polar surface area (TPSA) is 59.1 Å². The van der Waals surface area contributed by atoms with Gasteiger partial charge in [0.1, 0.15) is 17.9 Å². The van der Waals surface area contributed by atoms with Gasteiger partial charge in [-0.05, 0) is 35.9 Å². The summed E-state index contributed by atoms with van der Waals surface area (Å²) in [6.45, 7) is 0. The standard InChI is InChI=1S/C16H10F2N2O2S/c17-11-3-10(4-12(18)7-11)6-15(22)20-16-19-13-2-1-9(8-21)5-14(13)23-16/h1-5,7-8H,6H2,(H,19,20,22). The van der Waals surface area contributed by atoms with Crippen LogP contribution >= 0.6 is 11.3 Å². The van der Waals surface area contributed by atoms with E-state index in [0.29, 0.717) is 16.2 Å². The lowest BCUT2D eigenvalue weighted by Gasteiger charge is -2.02. The molecule has 3 aromatic rings. The zero-order valence-corrected chi connectivity index (χ0v) is 12.5. The van der Waals surface area contributed by atoms with Crippen LogP contribution < -0.4 is 5.32 Å². The third kappa shape index (κ3) is 3.57. The number of fused-ring (bicyclic) bond motifs is 1. The Labute approximate surface area is 133 Å². The van der Waals surface area contributed by atoms with Crippen LogP contribution in [0.1, 0.15) is 15.9 Å². The second-order valence-electron chi connectivity index (χ2n) is 4.87. The smallest absolute Gasteiger partial charge is 0.230 e. The molecule has 0 aliphatic carbocycles. The molecule has 23 heavy (non-hydrogen) atoms. The Hall–Kier alpha value is -2.67. The van der Waals surface area contributed by atoms with Crippen molar-refractivity contribution in [3.63, 3.8) is 0 Å². The number of carbonyl (C=O) groups is 2. The number of aromatic nitrogens is 1. The summed E-state index contributed by atoms with van der Waals surface area (Å²) >= 11 is 1.22. The minimum absolute atomic E-state index is 0.163. The van der Waals surface area contributed by atoms with Crippen molar-refractivity contribution in [3.05, 3.63) is 59.2 Å². The second-order valence-corrected chi connectivity index (χ2v) is 5.90. The highest BCUT2D eigenvalue weighted by atomic mass is 32.1. The molecule has 1 N–H and O–H groups in total. The quantitative estimate of drug-likeness (QED) is 0.743. The molecule has 0 fully saturated rings. The molecule has 1 heterocycles. The van der Waals surface area contributed by atoms with Gasteiger partial charge in [0, 0.05) is 11.6 Å². The fourth-order valence-electron chi connectivity index (χ4n) is 2.13. The summed E-state index contributed by atoms with van der Waals surface area (Å²) in [4.78, 5) is 26.9. The first-order valence-electron chi connectivity index (χ1n) is 6.64. The molecule has 1 aromatic heterocycles. The average Bonchev–Trinajstić information content (AvgIpc) is 2.86. The number of thiazole rings is 1. The monoisotopic (exact) mass is 332 g/mol. The summed E-state index contributed by atoms with van der Waals surface area (Å²) < 4.78 is 27.0. The van der Waals surface area contributed by atoms with E-state index in [1.807, 2.05) is 0 Å². The first kappa shape index (κ1) is 15.2. The van der Waals surface area contributed by atoms with E-state index < -0.39 is 17.5 Å². The SMILES string of the molecule is O=Cc1ccc2nc(NC(=O)Cc3cc(F)cc(F)c3)sc2c1. The normalized spacial score (nSPS) is 10.7. The number of carbonyl (C=O) groups excluding carboxylic acids is 2. The Bertz CT molecular complexity index is 888. The zero-order valence-electron chi connectivity index (χ0n) is 11.7. The number of nitrogens with zero attached hydrogens (tertiary/aromatic N) is 1. The summed E-state index contributed by atoms with van der Waals surface area (Å²) in [7, 11) is 0. The molecule has 0 saturated heterocycles. The van der Waals surface area contributed by atoms with Gasteiger partial charge in [0.05, 0.1) is 16.6 Å². The molecule has 116 valence electrons. The number of aldehydes is 1. The van der Waals surface area contributed by atoms with Crippen molar-refractivity contribution in [2.45, 2.75) is 6.42 Å². The van der Waals surface area contributed by atoms with Gasteiger partial charge in [-0.2, -0.15) is 0 Å². The highest BCUT2D eigenvalue weighted by Crippen LogP contribution is 2.26. The van der Waals surface area contributed by atoms with E-state index in [0.717, 1.165) is 29.2 Å². The second kappa shape index (κ2) is 6.21. The number of halogens is 2. The summed E-state index contributed by atoms with van der Waals surface area (Å²) in [5, 5.41) is 2.96. The van der Waals surface area contributed by atoms with Crippen LogP contribution in [-0.4, -0.2) is 17.2 Å². The number of anilines is 1. The molecule has 0 unspecified atom stereocenters. The van der Waals surface area contributed by atoms with Crippen molar-refractivity contribution >= 4 is 38.9 Å². The number of hydrogen-bond acceptors (Lipinski definition) is 4. The maximum Gasteiger partial charge on any atom is 0.230 e. The predicted octanol–water partition coefficient (Wildman–Crippen LogP) is 3.57. The van der Waals surface area contributed by atoms with Crippen LogP contribution in [0.15, 0.2) is 36.4 Å². The van der Waals surface area contributed by atoms with E-state index in [1.165, 1.54) is 11.3 Å². The molecule has 0 aliphatic rings. The van der Waals surface area contributed by atoms with Crippen molar-refractivity contribution in [3.8, 4) is 0 Å². The molecule has 7 heteroatoms. The number of rotatable bonds is 4. The zero-order chi connectivity index (χ0) is 16.4. The predicted molar refractivity (Wildman–Crippen MR) is 83.7 cm³/mol. The van der Waals surface area contributed by atoms with Gasteiger partial charge in [-0.15, -0.1) is 0 Å². The maximum atomic E-state index is 13.1. The Balaban J connectivity index is 1.75. The summed E-state index contributed by atoms with van der Waals surface area (Å²) in [6, 6.07) is 7.97. The molecule has 0 bridgehead atoms. The summed E-state index contributed by atoms with van der Waals surface area (Å²) in [5.41, 5.74) is 1.42. The van der Waals surface area contributed by atoms with Crippen molar-refractivity contribution in [2.24, 2.45) is 0 Å². The molecule has 2 aromatic carbocycles. The number of hydrogen-bond donors (Lipinski definition) is 1. The molecule has 1 amide bonds. The Morgan fingerprint density at radius 2 is 1.91 bits per heavy atom. The fraction of sp³-hybridized carbons (Fsp3) is 0.0625. The molecule has 0 atom stereocenters. The van der Waals surface area contributed by atoms with Crippen LogP contribution in [0.3, 0.4) is 0 Å². The minimum atomic E-state index is -0.728. The van der Waals surface area contributed by atoms with Crippen LogP contribution in [-0.2, 0) is 11.2 Å². The summed E-state index contributed by atoms with van der Waals surface area (Å²) in [6.07, 6.45) is 0.570. The largest absolute Gasteiger partial charge is 0.302 e. The van der Waals surface area contributed by atoms with Gasteiger partial charge in [0.2, 0.25) is 5.91 Å². The van der Waals surface area contributed by atoms with Gasteiger partial charge in [-0.1, -0.05) is 11.3 Å². The van der Waals surface area contributed by atoms with E-state index >= 15 is 0 Å². The molecular weight excluding hydrogens is 322 g/mol. The van der Waals surface area contributed by atoms with Crippen molar-refractivity contribution in [1.29, 1.82) is 0 Å². The molecule has 0 saturated carbocycles. The van der Waals surface area contributed by atoms with Gasteiger partial charge in [0.15, 0.2) is 5.13 Å². The first-order valence-corrected chi connectivity index (χ1v) is 7.46. The van der Waals surface area contributed by atoms with Gasteiger partial charge in [-0.25, -0.2) is 13.8 Å². The molecule has 0 aliphatic heterocycles. The van der Waals surface area contributed by atoms with E-state index in [-0.39, 0.29) is 12.0 Å². The van der Waals surface area contributed by atoms with E-state index in [9.17, 15) is 18.4 Å². The van der Waals surface area contributed by atoms with Crippen molar-refractivity contribution in [1.82, 2.24) is 4.98 Å². The van der Waals surface area contributed by atoms with Crippen LogP contribution in [0.4, 0.5) is 13.9 Å². The molecular formula is C16H10F2N2O2S. The highest BCUT2D eigenvalue weighted by molar-refractivity contribution is 7.22. The van der Waals surface area contributed by atoms with E-state index in [4.69, 9.17) is 0 Å². The maximum absolute atomic E-state index is 13.1. The molecule has 4 nitrogen and oxygen atoms in total.